The van der Waals surface area contributed by atoms with Gasteiger partial charge in [0.15, 0.2) is 17.3 Å². The fraction of sp³-hybridized carbons (Fsp3) is 0.323. The summed E-state index contributed by atoms with van der Waals surface area (Å²) in [5.41, 5.74) is 4.02. The summed E-state index contributed by atoms with van der Waals surface area (Å²) in [4.78, 5) is 32.0. The van der Waals surface area contributed by atoms with Crippen molar-refractivity contribution >= 4 is 28.2 Å². The van der Waals surface area contributed by atoms with Crippen LogP contribution in [0.2, 0.25) is 0 Å². The first-order valence-electron chi connectivity index (χ1n) is 12.6. The summed E-state index contributed by atoms with van der Waals surface area (Å²) in [5, 5.41) is 2.09. The molecule has 0 N–H and O–H groups in total. The molecule has 1 unspecified atom stereocenters. The Bertz CT molecular complexity index is 1430. The highest BCUT2D eigenvalue weighted by atomic mass is 16.5. The maximum Gasteiger partial charge on any atom is 0.315 e. The summed E-state index contributed by atoms with van der Waals surface area (Å²) < 4.78 is 16.4. The molecule has 1 aliphatic carbocycles. The zero-order valence-corrected chi connectivity index (χ0v) is 21.6. The molecule has 0 bridgehead atoms. The number of fused-ring (bicyclic) bond motifs is 1. The van der Waals surface area contributed by atoms with Crippen LogP contribution in [0.25, 0.3) is 10.8 Å². The lowest BCUT2D eigenvalue weighted by Gasteiger charge is -2.37. The summed E-state index contributed by atoms with van der Waals surface area (Å²) in [6.07, 6.45) is 0.935. The van der Waals surface area contributed by atoms with Gasteiger partial charge >= 0.3 is 5.97 Å². The highest BCUT2D eigenvalue weighted by Gasteiger charge is 2.45. The number of hydrogen-bond acceptors (Lipinski definition) is 6. The molecule has 190 valence electrons. The Labute approximate surface area is 217 Å². The molecule has 0 spiro atoms. The largest absolute Gasteiger partial charge is 0.493 e. The van der Waals surface area contributed by atoms with E-state index in [1.54, 1.807) is 21.1 Å². The fourth-order valence-electron chi connectivity index (χ4n) is 5.80. The molecule has 0 radical (unpaired) electrons. The van der Waals surface area contributed by atoms with E-state index in [1.165, 1.54) is 0 Å². The Morgan fingerprint density at radius 3 is 2.49 bits per heavy atom. The number of carbonyl (C=O) groups is 2. The van der Waals surface area contributed by atoms with E-state index in [9.17, 15) is 9.59 Å². The predicted molar refractivity (Wildman–Crippen MR) is 143 cm³/mol. The third-order valence-corrected chi connectivity index (χ3v) is 7.47. The van der Waals surface area contributed by atoms with Crippen LogP contribution in [0, 0.1) is 5.92 Å². The Morgan fingerprint density at radius 1 is 0.973 bits per heavy atom. The van der Waals surface area contributed by atoms with Crippen LogP contribution in [0.15, 0.2) is 76.9 Å². The van der Waals surface area contributed by atoms with Gasteiger partial charge < -0.3 is 14.2 Å². The molecule has 37 heavy (non-hydrogen) atoms. The van der Waals surface area contributed by atoms with Crippen molar-refractivity contribution < 1.29 is 23.8 Å². The molecule has 6 nitrogen and oxygen atoms in total. The fourth-order valence-corrected chi connectivity index (χ4v) is 5.80. The molecule has 2 aliphatic rings. The van der Waals surface area contributed by atoms with Crippen molar-refractivity contribution in [2.75, 3.05) is 20.8 Å². The van der Waals surface area contributed by atoms with E-state index >= 15 is 0 Å². The maximum atomic E-state index is 13.9. The molecular formula is C31H31NO5. The van der Waals surface area contributed by atoms with E-state index in [4.69, 9.17) is 19.2 Å². The quantitative estimate of drug-likeness (QED) is 0.391. The van der Waals surface area contributed by atoms with E-state index in [2.05, 4.69) is 0 Å². The number of benzene rings is 3. The van der Waals surface area contributed by atoms with Crippen LogP contribution in [0.4, 0.5) is 0 Å². The van der Waals surface area contributed by atoms with E-state index in [0.29, 0.717) is 35.6 Å². The van der Waals surface area contributed by atoms with Gasteiger partial charge in [-0.1, -0.05) is 48.5 Å². The molecule has 0 amide bonds. The lowest BCUT2D eigenvalue weighted by atomic mass is 9.68. The third kappa shape index (κ3) is 4.41. The Morgan fingerprint density at radius 2 is 1.73 bits per heavy atom. The first kappa shape index (κ1) is 24.8. The minimum absolute atomic E-state index is 0.0181. The second-order valence-electron chi connectivity index (χ2n) is 9.53. The van der Waals surface area contributed by atoms with Crippen molar-refractivity contribution in [3.05, 3.63) is 83.1 Å². The van der Waals surface area contributed by atoms with E-state index in [0.717, 1.165) is 27.6 Å². The number of methoxy groups -OCH3 is 2. The van der Waals surface area contributed by atoms with Crippen LogP contribution in [0.1, 0.15) is 49.7 Å². The highest BCUT2D eigenvalue weighted by molar-refractivity contribution is 6.10. The monoisotopic (exact) mass is 497 g/mol. The standard InChI is InChI=1S/C31H31NO5/c1-5-37-31(34)28-18(2)32-24-15-21(20-13-14-26(35-3)27(17-20)36-4)16-25(33)30(24)29(28)23-12-8-10-19-9-6-7-11-22(19)23/h6-14,17,21,28-29H,5,15-16H2,1-4H3/t21-,28?,29+/m0/s1. The molecule has 0 saturated carbocycles. The molecule has 0 fully saturated rings. The van der Waals surface area contributed by atoms with Crippen LogP contribution in [-0.4, -0.2) is 38.3 Å². The number of nitrogens with zero attached hydrogens (tertiary/aromatic N) is 1. The number of esters is 1. The van der Waals surface area contributed by atoms with Gasteiger partial charge in [0.1, 0.15) is 5.92 Å². The topological polar surface area (TPSA) is 74.2 Å². The van der Waals surface area contributed by atoms with Gasteiger partial charge in [0, 0.05) is 29.3 Å². The maximum absolute atomic E-state index is 13.9. The van der Waals surface area contributed by atoms with Crippen LogP contribution in [0.3, 0.4) is 0 Å². The lowest BCUT2D eigenvalue weighted by Crippen LogP contribution is -2.38. The lowest BCUT2D eigenvalue weighted by molar-refractivity contribution is -0.146. The van der Waals surface area contributed by atoms with Crippen molar-refractivity contribution in [3.63, 3.8) is 0 Å². The summed E-state index contributed by atoms with van der Waals surface area (Å²) in [5.74, 6) is -0.190. The van der Waals surface area contributed by atoms with E-state index < -0.39 is 11.8 Å². The summed E-state index contributed by atoms with van der Waals surface area (Å²) in [6.45, 7) is 3.93. The number of ketones is 1. The second-order valence-corrected chi connectivity index (χ2v) is 9.53. The van der Waals surface area contributed by atoms with Gasteiger partial charge in [-0.15, -0.1) is 0 Å². The molecule has 3 atom stereocenters. The molecule has 5 rings (SSSR count). The number of aliphatic imine (C=N–C) groups is 1. The van der Waals surface area contributed by atoms with Crippen LogP contribution >= 0.6 is 0 Å². The molecule has 3 aromatic carbocycles. The number of allylic oxidation sites excluding steroid dienone is 2. The van der Waals surface area contributed by atoms with Gasteiger partial charge in [0.25, 0.3) is 0 Å². The minimum Gasteiger partial charge on any atom is -0.493 e. The third-order valence-electron chi connectivity index (χ3n) is 7.47. The van der Waals surface area contributed by atoms with Crippen molar-refractivity contribution in [1.29, 1.82) is 0 Å². The Balaban J connectivity index is 1.63. The zero-order valence-electron chi connectivity index (χ0n) is 21.6. The number of Topliss-reactive ketones (excluding diaryl/α,β-unsaturated/α-hetero) is 1. The van der Waals surface area contributed by atoms with Crippen molar-refractivity contribution in [2.24, 2.45) is 10.9 Å². The SMILES string of the molecule is CCOC(=O)C1C(C)=NC2=C(C(=O)C[C@@H](c3ccc(OC)c(OC)c3)C2)[C@@H]1c1cccc2ccccc12. The molecule has 3 aromatic rings. The van der Waals surface area contributed by atoms with Gasteiger partial charge in [-0.05, 0) is 60.2 Å². The Hall–Kier alpha value is -3.93. The first-order chi connectivity index (χ1) is 18.0. The molecule has 0 saturated heterocycles. The van der Waals surface area contributed by atoms with Crippen LogP contribution in [0.5, 0.6) is 11.5 Å². The van der Waals surface area contributed by atoms with Gasteiger partial charge in [-0.25, -0.2) is 0 Å². The number of hydrogen-bond donors (Lipinski definition) is 0. The van der Waals surface area contributed by atoms with Crippen molar-refractivity contribution in [2.45, 2.75) is 38.5 Å². The van der Waals surface area contributed by atoms with E-state index in [-0.39, 0.29) is 24.3 Å². The molecule has 1 heterocycles. The van der Waals surface area contributed by atoms with E-state index in [1.807, 2.05) is 67.6 Å². The minimum atomic E-state index is -0.647. The average Bonchev–Trinajstić information content (AvgIpc) is 2.91. The van der Waals surface area contributed by atoms with Crippen LogP contribution < -0.4 is 9.47 Å². The van der Waals surface area contributed by atoms with Gasteiger partial charge in [0.05, 0.1) is 20.8 Å². The number of ether oxygens (including phenoxy) is 3. The number of rotatable bonds is 6. The summed E-state index contributed by atoms with van der Waals surface area (Å²) >= 11 is 0. The van der Waals surface area contributed by atoms with Crippen LogP contribution in [-0.2, 0) is 14.3 Å². The van der Waals surface area contributed by atoms with Crippen molar-refractivity contribution in [1.82, 2.24) is 0 Å². The molecule has 0 aromatic heterocycles. The Kier molecular flexibility index (Phi) is 6.83. The summed E-state index contributed by atoms with van der Waals surface area (Å²) in [7, 11) is 3.21. The zero-order chi connectivity index (χ0) is 26.1. The molecule has 6 heteroatoms. The normalized spacial score (nSPS) is 21.4. The molecule has 1 aliphatic heterocycles. The van der Waals surface area contributed by atoms with Crippen molar-refractivity contribution in [3.8, 4) is 11.5 Å². The smallest absolute Gasteiger partial charge is 0.315 e. The second kappa shape index (κ2) is 10.2. The predicted octanol–water partition coefficient (Wildman–Crippen LogP) is 6.00. The summed E-state index contributed by atoms with van der Waals surface area (Å²) in [6, 6.07) is 19.9. The van der Waals surface area contributed by atoms with Gasteiger partial charge in [0.2, 0.25) is 0 Å². The average molecular weight is 498 g/mol. The van der Waals surface area contributed by atoms with Gasteiger partial charge in [-0.3, -0.25) is 14.6 Å². The van der Waals surface area contributed by atoms with Gasteiger partial charge in [-0.2, -0.15) is 0 Å². The highest BCUT2D eigenvalue weighted by Crippen LogP contribution is 2.48. The molecular weight excluding hydrogens is 466 g/mol. The number of carbonyl (C=O) groups excluding carboxylic acids is 2. The first-order valence-corrected chi connectivity index (χ1v) is 12.6.